The first-order chi connectivity index (χ1) is 11.1. The van der Waals surface area contributed by atoms with Gasteiger partial charge in [0.1, 0.15) is 5.82 Å². The SMILES string of the molecule is CC(C)c1nc(CCNC(C)c2nc3ccccc3n2C)cs1. The van der Waals surface area contributed by atoms with Crippen molar-refractivity contribution in [2.24, 2.45) is 7.05 Å². The molecule has 4 nitrogen and oxygen atoms in total. The molecular weight excluding hydrogens is 304 g/mol. The monoisotopic (exact) mass is 328 g/mol. The normalized spacial score (nSPS) is 13.1. The van der Waals surface area contributed by atoms with E-state index >= 15 is 0 Å². The fraction of sp³-hybridized carbons (Fsp3) is 0.444. The highest BCUT2D eigenvalue weighted by atomic mass is 32.1. The summed E-state index contributed by atoms with van der Waals surface area (Å²) in [5, 5.41) is 6.97. The molecule has 122 valence electrons. The van der Waals surface area contributed by atoms with Crippen LogP contribution in [0.25, 0.3) is 11.0 Å². The van der Waals surface area contributed by atoms with E-state index < -0.39 is 0 Å². The van der Waals surface area contributed by atoms with Gasteiger partial charge in [0.15, 0.2) is 0 Å². The minimum atomic E-state index is 0.218. The third-order valence-corrected chi connectivity index (χ3v) is 5.30. The maximum atomic E-state index is 4.75. The number of nitrogens with zero attached hydrogens (tertiary/aromatic N) is 3. The lowest BCUT2D eigenvalue weighted by Crippen LogP contribution is -2.23. The lowest BCUT2D eigenvalue weighted by molar-refractivity contribution is 0.534. The Hall–Kier alpha value is -1.72. The van der Waals surface area contributed by atoms with Crippen molar-refractivity contribution in [3.8, 4) is 0 Å². The van der Waals surface area contributed by atoms with E-state index in [2.05, 4.69) is 66.3 Å². The quantitative estimate of drug-likeness (QED) is 0.742. The summed E-state index contributed by atoms with van der Waals surface area (Å²) in [5.41, 5.74) is 3.42. The first kappa shape index (κ1) is 16.1. The van der Waals surface area contributed by atoms with Gasteiger partial charge in [-0.05, 0) is 19.1 Å². The van der Waals surface area contributed by atoms with Crippen LogP contribution in [0.3, 0.4) is 0 Å². The van der Waals surface area contributed by atoms with E-state index in [4.69, 9.17) is 4.98 Å². The molecule has 0 spiro atoms. The standard InChI is InChI=1S/C18H24N4S/c1-12(2)18-20-14(11-23-18)9-10-19-13(3)17-21-15-7-5-6-8-16(15)22(17)4/h5-8,11-13,19H,9-10H2,1-4H3. The summed E-state index contributed by atoms with van der Waals surface area (Å²) in [6.45, 7) is 7.46. The summed E-state index contributed by atoms with van der Waals surface area (Å²) in [7, 11) is 2.08. The summed E-state index contributed by atoms with van der Waals surface area (Å²) in [5.74, 6) is 1.59. The second-order valence-electron chi connectivity index (χ2n) is 6.28. The first-order valence-electron chi connectivity index (χ1n) is 8.15. The van der Waals surface area contributed by atoms with Gasteiger partial charge in [-0.15, -0.1) is 11.3 Å². The molecule has 2 heterocycles. The molecule has 23 heavy (non-hydrogen) atoms. The Bertz CT molecular complexity index is 787. The number of rotatable bonds is 6. The number of benzene rings is 1. The van der Waals surface area contributed by atoms with Crippen molar-refractivity contribution in [3.63, 3.8) is 0 Å². The number of para-hydroxylation sites is 2. The number of fused-ring (bicyclic) bond motifs is 1. The van der Waals surface area contributed by atoms with Crippen molar-refractivity contribution in [1.82, 2.24) is 19.9 Å². The molecule has 0 aliphatic rings. The molecule has 0 fully saturated rings. The number of nitrogens with one attached hydrogen (secondary N) is 1. The molecule has 5 heteroatoms. The second-order valence-corrected chi connectivity index (χ2v) is 7.17. The van der Waals surface area contributed by atoms with E-state index in [9.17, 15) is 0 Å². The number of hydrogen-bond acceptors (Lipinski definition) is 4. The van der Waals surface area contributed by atoms with Gasteiger partial charge in [0.05, 0.1) is 27.8 Å². The van der Waals surface area contributed by atoms with Crippen LogP contribution in [0.4, 0.5) is 0 Å². The van der Waals surface area contributed by atoms with E-state index in [1.807, 2.05) is 6.07 Å². The Morgan fingerprint density at radius 3 is 2.65 bits per heavy atom. The van der Waals surface area contributed by atoms with Crippen molar-refractivity contribution >= 4 is 22.4 Å². The van der Waals surface area contributed by atoms with Gasteiger partial charge in [-0.25, -0.2) is 9.97 Å². The van der Waals surface area contributed by atoms with Crippen LogP contribution in [-0.4, -0.2) is 21.1 Å². The topological polar surface area (TPSA) is 42.7 Å². The Morgan fingerprint density at radius 2 is 1.96 bits per heavy atom. The number of imidazole rings is 1. The third kappa shape index (κ3) is 3.46. The van der Waals surface area contributed by atoms with E-state index in [1.54, 1.807) is 11.3 Å². The molecule has 3 rings (SSSR count). The van der Waals surface area contributed by atoms with Crippen LogP contribution < -0.4 is 5.32 Å². The minimum absolute atomic E-state index is 0.218. The number of aromatic nitrogens is 3. The molecule has 2 aromatic heterocycles. The van der Waals surface area contributed by atoms with Gasteiger partial charge in [0.2, 0.25) is 0 Å². The molecule has 0 radical (unpaired) electrons. The maximum Gasteiger partial charge on any atom is 0.126 e. The lowest BCUT2D eigenvalue weighted by Gasteiger charge is -2.13. The average Bonchev–Trinajstić information content (AvgIpc) is 3.13. The predicted octanol–water partition coefficient (Wildman–Crippen LogP) is 4.05. The molecule has 1 atom stereocenters. The average molecular weight is 328 g/mol. The molecule has 0 aliphatic heterocycles. The summed E-state index contributed by atoms with van der Waals surface area (Å²) in [6, 6.07) is 8.48. The van der Waals surface area contributed by atoms with Gasteiger partial charge in [-0.2, -0.15) is 0 Å². The van der Waals surface area contributed by atoms with E-state index in [1.165, 1.54) is 16.2 Å². The summed E-state index contributed by atoms with van der Waals surface area (Å²) >= 11 is 1.76. The van der Waals surface area contributed by atoms with Gasteiger partial charge >= 0.3 is 0 Å². The zero-order chi connectivity index (χ0) is 16.4. The van der Waals surface area contributed by atoms with Crippen LogP contribution in [0, 0.1) is 0 Å². The number of hydrogen-bond donors (Lipinski definition) is 1. The molecule has 1 aromatic carbocycles. The largest absolute Gasteiger partial charge is 0.330 e. The first-order valence-corrected chi connectivity index (χ1v) is 9.03. The molecule has 3 aromatic rings. The van der Waals surface area contributed by atoms with Gasteiger partial charge in [0.25, 0.3) is 0 Å². The molecule has 0 amide bonds. The highest BCUT2D eigenvalue weighted by molar-refractivity contribution is 7.09. The summed E-state index contributed by atoms with van der Waals surface area (Å²) in [4.78, 5) is 9.44. The fourth-order valence-corrected chi connectivity index (χ4v) is 3.63. The number of aryl methyl sites for hydroxylation is 1. The second kappa shape index (κ2) is 6.81. The Labute approximate surface area is 141 Å². The van der Waals surface area contributed by atoms with E-state index in [0.717, 1.165) is 24.3 Å². The Kier molecular flexibility index (Phi) is 4.78. The number of thiazole rings is 1. The van der Waals surface area contributed by atoms with Crippen LogP contribution in [0.1, 0.15) is 49.3 Å². The van der Waals surface area contributed by atoms with E-state index in [-0.39, 0.29) is 6.04 Å². The smallest absolute Gasteiger partial charge is 0.126 e. The molecular formula is C18H24N4S. The van der Waals surface area contributed by atoms with Gasteiger partial charge in [-0.1, -0.05) is 26.0 Å². The van der Waals surface area contributed by atoms with Crippen molar-refractivity contribution in [1.29, 1.82) is 0 Å². The molecule has 1 N–H and O–H groups in total. The molecule has 0 saturated carbocycles. The molecule has 0 saturated heterocycles. The van der Waals surface area contributed by atoms with Crippen molar-refractivity contribution < 1.29 is 0 Å². The maximum absolute atomic E-state index is 4.75. The van der Waals surface area contributed by atoms with Crippen molar-refractivity contribution in [2.45, 2.75) is 39.2 Å². The van der Waals surface area contributed by atoms with Gasteiger partial charge in [0, 0.05) is 31.3 Å². The minimum Gasteiger partial charge on any atom is -0.330 e. The van der Waals surface area contributed by atoms with Crippen molar-refractivity contribution in [2.75, 3.05) is 6.54 Å². The Morgan fingerprint density at radius 1 is 1.17 bits per heavy atom. The van der Waals surface area contributed by atoms with Crippen LogP contribution in [-0.2, 0) is 13.5 Å². The third-order valence-electron chi connectivity index (χ3n) is 4.10. The fourth-order valence-electron chi connectivity index (χ4n) is 2.76. The van der Waals surface area contributed by atoms with Gasteiger partial charge in [-0.3, -0.25) is 0 Å². The Balaban J connectivity index is 1.62. The molecule has 0 aliphatic carbocycles. The predicted molar refractivity (Wildman–Crippen MR) is 97.0 cm³/mol. The summed E-state index contributed by atoms with van der Waals surface area (Å²) in [6.07, 6.45) is 0.956. The summed E-state index contributed by atoms with van der Waals surface area (Å²) < 4.78 is 2.17. The molecule has 0 bridgehead atoms. The zero-order valence-electron chi connectivity index (χ0n) is 14.2. The zero-order valence-corrected chi connectivity index (χ0v) is 15.0. The van der Waals surface area contributed by atoms with Crippen LogP contribution >= 0.6 is 11.3 Å². The van der Waals surface area contributed by atoms with E-state index in [0.29, 0.717) is 5.92 Å². The molecule has 1 unspecified atom stereocenters. The van der Waals surface area contributed by atoms with Crippen LogP contribution in [0.5, 0.6) is 0 Å². The highest BCUT2D eigenvalue weighted by Gasteiger charge is 2.14. The lowest BCUT2D eigenvalue weighted by atomic mass is 10.2. The highest BCUT2D eigenvalue weighted by Crippen LogP contribution is 2.20. The van der Waals surface area contributed by atoms with Gasteiger partial charge < -0.3 is 9.88 Å². The van der Waals surface area contributed by atoms with Crippen LogP contribution in [0.2, 0.25) is 0 Å². The van der Waals surface area contributed by atoms with Crippen molar-refractivity contribution in [3.05, 3.63) is 46.2 Å². The van der Waals surface area contributed by atoms with Crippen LogP contribution in [0.15, 0.2) is 29.6 Å².